The van der Waals surface area contributed by atoms with Gasteiger partial charge in [-0.1, -0.05) is 24.3 Å². The molecule has 1 amide bonds. The number of amides is 1. The lowest BCUT2D eigenvalue weighted by Gasteiger charge is -2.35. The Morgan fingerprint density at radius 1 is 1.21 bits per heavy atom. The fourth-order valence-electron chi connectivity index (χ4n) is 3.85. The van der Waals surface area contributed by atoms with E-state index in [2.05, 4.69) is 22.3 Å². The highest BCUT2D eigenvalue weighted by Crippen LogP contribution is 2.33. The van der Waals surface area contributed by atoms with Gasteiger partial charge in [0.1, 0.15) is 0 Å². The number of para-hydroxylation sites is 1. The van der Waals surface area contributed by atoms with Crippen molar-refractivity contribution in [1.29, 1.82) is 0 Å². The number of piperidine rings is 1. The first-order valence-corrected chi connectivity index (χ1v) is 10.8. The molecule has 5 nitrogen and oxygen atoms in total. The molecule has 0 saturated carbocycles. The quantitative estimate of drug-likeness (QED) is 0.623. The first-order chi connectivity index (χ1) is 14.0. The maximum atomic E-state index is 12.8. The van der Waals surface area contributed by atoms with Crippen LogP contribution in [0.1, 0.15) is 48.0 Å². The van der Waals surface area contributed by atoms with E-state index in [1.807, 2.05) is 25.1 Å². The highest BCUT2D eigenvalue weighted by molar-refractivity contribution is 7.18. The second-order valence-corrected chi connectivity index (χ2v) is 8.72. The summed E-state index contributed by atoms with van der Waals surface area (Å²) >= 11 is 1.76. The van der Waals surface area contributed by atoms with Crippen LogP contribution in [0.25, 0.3) is 10.2 Å². The van der Waals surface area contributed by atoms with Gasteiger partial charge < -0.3 is 5.32 Å². The van der Waals surface area contributed by atoms with Gasteiger partial charge >= 0.3 is 0 Å². The number of carbonyl (C=O) groups is 2. The largest absolute Gasteiger partial charge is 0.325 e. The third-order valence-electron chi connectivity index (χ3n) is 5.58. The van der Waals surface area contributed by atoms with Gasteiger partial charge in [0.2, 0.25) is 5.91 Å². The zero-order chi connectivity index (χ0) is 20.4. The highest BCUT2D eigenvalue weighted by Gasteiger charge is 2.29. The van der Waals surface area contributed by atoms with Crippen molar-refractivity contribution >= 4 is 38.9 Å². The lowest BCUT2D eigenvalue weighted by Crippen LogP contribution is -2.46. The molecule has 29 heavy (non-hydrogen) atoms. The third-order valence-corrected chi connectivity index (χ3v) is 6.78. The average Bonchev–Trinajstić information content (AvgIpc) is 3.18. The number of nitrogens with zero attached hydrogens (tertiary/aromatic N) is 2. The number of fused-ring (bicyclic) bond motifs is 1. The number of hydrogen-bond acceptors (Lipinski definition) is 5. The Hall–Kier alpha value is -2.57. The van der Waals surface area contributed by atoms with Gasteiger partial charge in [-0.2, -0.15) is 0 Å². The number of nitrogens with one attached hydrogen (secondary N) is 1. The fourth-order valence-corrected chi connectivity index (χ4v) is 4.95. The number of ketones is 1. The monoisotopic (exact) mass is 407 g/mol. The van der Waals surface area contributed by atoms with Gasteiger partial charge in [0.15, 0.2) is 5.78 Å². The molecule has 1 aromatic heterocycles. The number of Topliss-reactive ketones (excluding diaryl/α,β-unsaturated/α-hetero) is 1. The molecule has 2 heterocycles. The Balaban J connectivity index is 1.44. The van der Waals surface area contributed by atoms with Gasteiger partial charge in [0, 0.05) is 23.7 Å². The van der Waals surface area contributed by atoms with E-state index in [0.717, 1.165) is 36.5 Å². The molecule has 3 aromatic rings. The van der Waals surface area contributed by atoms with Gasteiger partial charge in [0.05, 0.1) is 21.3 Å². The minimum absolute atomic E-state index is 0.0103. The van der Waals surface area contributed by atoms with E-state index in [9.17, 15) is 9.59 Å². The summed E-state index contributed by atoms with van der Waals surface area (Å²) in [5.41, 5.74) is 2.32. The van der Waals surface area contributed by atoms with Crippen molar-refractivity contribution in [2.75, 3.05) is 18.4 Å². The molecule has 0 unspecified atom stereocenters. The summed E-state index contributed by atoms with van der Waals surface area (Å²) in [6.45, 7) is 5.22. The van der Waals surface area contributed by atoms with Crippen molar-refractivity contribution in [1.82, 2.24) is 9.88 Å². The average molecular weight is 408 g/mol. The summed E-state index contributed by atoms with van der Waals surface area (Å²) < 4.78 is 1.22. The number of anilines is 1. The number of benzene rings is 2. The number of aromatic nitrogens is 1. The van der Waals surface area contributed by atoms with Crippen LogP contribution in [-0.4, -0.2) is 40.7 Å². The van der Waals surface area contributed by atoms with Crippen molar-refractivity contribution < 1.29 is 9.59 Å². The maximum absolute atomic E-state index is 12.8. The number of hydrogen-bond donors (Lipinski definition) is 1. The maximum Gasteiger partial charge on any atom is 0.241 e. The molecule has 0 aliphatic carbocycles. The predicted octanol–water partition coefficient (Wildman–Crippen LogP) is 4.71. The Bertz CT molecular complexity index is 1010. The standard InChI is InChI=1S/C23H25N3O2S/c1-15(22(28)24-19-9-5-7-17(13-19)16(2)27)26-12-6-8-18(14-26)23-25-20-10-3-4-11-21(20)29-23/h3-5,7,9-11,13,15,18H,6,8,12,14H2,1-2H3,(H,24,28)/t15-,18+/m1/s1. The van der Waals surface area contributed by atoms with E-state index in [4.69, 9.17) is 4.98 Å². The third kappa shape index (κ3) is 4.38. The number of thiazole rings is 1. The first-order valence-electron chi connectivity index (χ1n) is 10.0. The van der Waals surface area contributed by atoms with Crippen molar-refractivity contribution in [3.63, 3.8) is 0 Å². The molecule has 1 aliphatic heterocycles. The molecule has 1 fully saturated rings. The van der Waals surface area contributed by atoms with Crippen molar-refractivity contribution in [2.24, 2.45) is 0 Å². The summed E-state index contributed by atoms with van der Waals surface area (Å²) in [5, 5.41) is 4.13. The van der Waals surface area contributed by atoms with Crippen LogP contribution in [0.3, 0.4) is 0 Å². The molecule has 0 bridgehead atoms. The van der Waals surface area contributed by atoms with Gasteiger partial charge in [-0.3, -0.25) is 14.5 Å². The normalized spacial score (nSPS) is 18.5. The lowest BCUT2D eigenvalue weighted by atomic mass is 9.97. The molecule has 4 rings (SSSR count). The summed E-state index contributed by atoms with van der Waals surface area (Å²) in [4.78, 5) is 31.5. The van der Waals surface area contributed by atoms with Crippen molar-refractivity contribution in [3.05, 3.63) is 59.1 Å². The fraction of sp³-hybridized carbons (Fsp3) is 0.348. The van der Waals surface area contributed by atoms with Gasteiger partial charge in [-0.15, -0.1) is 11.3 Å². The molecule has 2 aromatic carbocycles. The number of rotatable bonds is 5. The molecule has 1 saturated heterocycles. The lowest BCUT2D eigenvalue weighted by molar-refractivity contribution is -0.121. The SMILES string of the molecule is CC(=O)c1cccc(NC(=O)[C@@H](C)N2CCC[C@H](c3nc4ccccc4s3)C2)c1. The summed E-state index contributed by atoms with van der Waals surface area (Å²) in [6.07, 6.45) is 2.16. The minimum atomic E-state index is -0.242. The van der Waals surface area contributed by atoms with E-state index < -0.39 is 0 Å². The Labute approximate surface area is 174 Å². The molecule has 6 heteroatoms. The van der Waals surface area contributed by atoms with Crippen LogP contribution in [0.15, 0.2) is 48.5 Å². The van der Waals surface area contributed by atoms with Gasteiger partial charge in [0.25, 0.3) is 0 Å². The minimum Gasteiger partial charge on any atom is -0.325 e. The predicted molar refractivity (Wildman–Crippen MR) is 118 cm³/mol. The van der Waals surface area contributed by atoms with E-state index in [1.54, 1.807) is 29.5 Å². The van der Waals surface area contributed by atoms with Crippen LogP contribution in [0.4, 0.5) is 5.69 Å². The van der Waals surface area contributed by atoms with Crippen molar-refractivity contribution in [3.8, 4) is 0 Å². The summed E-state index contributed by atoms with van der Waals surface area (Å²) in [5.74, 6) is 0.303. The van der Waals surface area contributed by atoms with Crippen molar-refractivity contribution in [2.45, 2.75) is 38.6 Å². The van der Waals surface area contributed by atoms with E-state index >= 15 is 0 Å². The van der Waals surface area contributed by atoms with Crippen LogP contribution in [0.5, 0.6) is 0 Å². The van der Waals surface area contributed by atoms with E-state index in [1.165, 1.54) is 11.6 Å². The number of carbonyl (C=O) groups excluding carboxylic acids is 2. The second-order valence-electron chi connectivity index (χ2n) is 7.66. The van der Waals surface area contributed by atoms with Crippen LogP contribution in [0.2, 0.25) is 0 Å². The summed E-state index contributed by atoms with van der Waals surface area (Å²) in [6, 6.07) is 15.1. The smallest absolute Gasteiger partial charge is 0.241 e. The Kier molecular flexibility index (Phi) is 5.74. The molecule has 1 N–H and O–H groups in total. The second kappa shape index (κ2) is 8.43. The van der Waals surface area contributed by atoms with Crippen LogP contribution >= 0.6 is 11.3 Å². The highest BCUT2D eigenvalue weighted by atomic mass is 32.1. The van der Waals surface area contributed by atoms with Crippen LogP contribution in [0, 0.1) is 0 Å². The Morgan fingerprint density at radius 2 is 2.03 bits per heavy atom. The molecule has 1 aliphatic rings. The van der Waals surface area contributed by atoms with E-state index in [0.29, 0.717) is 17.2 Å². The van der Waals surface area contributed by atoms with Crippen LogP contribution < -0.4 is 5.32 Å². The molecule has 0 spiro atoms. The van der Waals surface area contributed by atoms with Gasteiger partial charge in [-0.25, -0.2) is 4.98 Å². The molecular weight excluding hydrogens is 382 g/mol. The zero-order valence-electron chi connectivity index (χ0n) is 16.7. The summed E-state index contributed by atoms with van der Waals surface area (Å²) in [7, 11) is 0. The molecule has 0 radical (unpaired) electrons. The molecule has 2 atom stereocenters. The molecule has 150 valence electrons. The number of likely N-dealkylation sites (tertiary alicyclic amines) is 1. The first kappa shape index (κ1) is 19.7. The topological polar surface area (TPSA) is 62.3 Å². The molecular formula is C23H25N3O2S. The van der Waals surface area contributed by atoms with Gasteiger partial charge in [-0.05, 0) is 57.5 Å². The van der Waals surface area contributed by atoms with Crippen LogP contribution in [-0.2, 0) is 4.79 Å². The Morgan fingerprint density at radius 3 is 2.83 bits per heavy atom. The zero-order valence-corrected chi connectivity index (χ0v) is 17.5. The van der Waals surface area contributed by atoms with E-state index in [-0.39, 0.29) is 17.7 Å².